The molecule has 0 saturated carbocycles. The highest BCUT2D eigenvalue weighted by molar-refractivity contribution is 9.10. The molecule has 5 nitrogen and oxygen atoms in total. The van der Waals surface area contributed by atoms with Crippen LogP contribution in [0.5, 0.6) is 11.8 Å². The number of rotatable bonds is 5. The van der Waals surface area contributed by atoms with Crippen LogP contribution in [0.15, 0.2) is 29.0 Å². The lowest BCUT2D eigenvalue weighted by Crippen LogP contribution is -2.07. The molecule has 0 spiro atoms. The number of aromatic nitrogens is 2. The molecule has 2 aromatic rings. The monoisotopic (exact) mass is 337 g/mol. The number of anilines is 1. The predicted molar refractivity (Wildman–Crippen MR) is 81.3 cm³/mol. The summed E-state index contributed by atoms with van der Waals surface area (Å²) in [5.74, 6) is 1.02. The predicted octanol–water partition coefficient (Wildman–Crippen LogP) is 3.18. The molecule has 0 amide bonds. The van der Waals surface area contributed by atoms with Crippen LogP contribution in [0.1, 0.15) is 11.1 Å². The van der Waals surface area contributed by atoms with E-state index in [0.717, 1.165) is 15.7 Å². The van der Waals surface area contributed by atoms with Crippen LogP contribution in [0.3, 0.4) is 0 Å². The Balaban J connectivity index is 2.24. The van der Waals surface area contributed by atoms with E-state index in [-0.39, 0.29) is 0 Å². The summed E-state index contributed by atoms with van der Waals surface area (Å²) in [5, 5.41) is 3.33. The molecule has 2 rings (SSSR count). The average Bonchev–Trinajstić information content (AvgIpc) is 2.48. The van der Waals surface area contributed by atoms with Crippen molar-refractivity contribution in [1.82, 2.24) is 9.97 Å². The largest absolute Gasteiger partial charge is 0.481 e. The third kappa shape index (κ3) is 3.01. The number of nitrogens with one attached hydrogen (secondary N) is 1. The molecule has 0 unspecified atom stereocenters. The van der Waals surface area contributed by atoms with Gasteiger partial charge in [-0.1, -0.05) is 12.1 Å². The lowest BCUT2D eigenvalue weighted by molar-refractivity contribution is 0.363. The number of halogens is 1. The van der Waals surface area contributed by atoms with E-state index >= 15 is 0 Å². The first-order valence-electron chi connectivity index (χ1n) is 6.08. The lowest BCUT2D eigenvalue weighted by Gasteiger charge is -2.13. The standard InChI is InChI=1S/C14H16BrN3O2/c1-9-5-4-6-11(12(9)15)16-7-10-13(19-2)17-8-18-14(10)20-3/h4-6,8,16H,7H2,1-3H3. The van der Waals surface area contributed by atoms with Crippen molar-refractivity contribution >= 4 is 21.6 Å². The second-order valence-electron chi connectivity index (χ2n) is 4.16. The summed E-state index contributed by atoms with van der Waals surface area (Å²) in [6, 6.07) is 6.04. The van der Waals surface area contributed by atoms with Crippen molar-refractivity contribution in [1.29, 1.82) is 0 Å². The Labute approximate surface area is 126 Å². The zero-order chi connectivity index (χ0) is 14.5. The van der Waals surface area contributed by atoms with Crippen LogP contribution in [0.4, 0.5) is 5.69 Å². The minimum Gasteiger partial charge on any atom is -0.481 e. The topological polar surface area (TPSA) is 56.3 Å². The van der Waals surface area contributed by atoms with E-state index in [4.69, 9.17) is 9.47 Å². The molecule has 0 bridgehead atoms. The summed E-state index contributed by atoms with van der Waals surface area (Å²) in [4.78, 5) is 8.19. The van der Waals surface area contributed by atoms with E-state index in [1.54, 1.807) is 14.2 Å². The number of hydrogen-bond acceptors (Lipinski definition) is 5. The van der Waals surface area contributed by atoms with Crippen molar-refractivity contribution in [3.8, 4) is 11.8 Å². The molecule has 1 N–H and O–H groups in total. The zero-order valence-electron chi connectivity index (χ0n) is 11.6. The van der Waals surface area contributed by atoms with E-state index in [0.29, 0.717) is 18.3 Å². The Morgan fingerprint density at radius 2 is 1.80 bits per heavy atom. The molecule has 0 aliphatic heterocycles. The highest BCUT2D eigenvalue weighted by Gasteiger charge is 2.13. The Bertz CT molecular complexity index is 583. The molecule has 0 saturated heterocycles. The van der Waals surface area contributed by atoms with E-state index in [1.807, 2.05) is 25.1 Å². The number of nitrogens with zero attached hydrogens (tertiary/aromatic N) is 2. The fourth-order valence-corrected chi connectivity index (χ4v) is 2.26. The first-order chi connectivity index (χ1) is 9.67. The fourth-order valence-electron chi connectivity index (χ4n) is 1.85. The summed E-state index contributed by atoms with van der Waals surface area (Å²) in [5.41, 5.74) is 2.95. The van der Waals surface area contributed by atoms with Gasteiger partial charge in [0.15, 0.2) is 0 Å². The first kappa shape index (κ1) is 14.6. The second kappa shape index (κ2) is 6.56. The number of hydrogen-bond donors (Lipinski definition) is 1. The van der Waals surface area contributed by atoms with Crippen molar-refractivity contribution in [3.63, 3.8) is 0 Å². The molecule has 20 heavy (non-hydrogen) atoms. The molecular weight excluding hydrogens is 322 g/mol. The van der Waals surface area contributed by atoms with Crippen molar-refractivity contribution in [3.05, 3.63) is 40.1 Å². The minimum absolute atomic E-state index is 0.508. The Morgan fingerprint density at radius 3 is 2.40 bits per heavy atom. The maximum absolute atomic E-state index is 5.25. The summed E-state index contributed by atoms with van der Waals surface area (Å²) in [6.07, 6.45) is 1.42. The van der Waals surface area contributed by atoms with Crippen LogP contribution in [0.25, 0.3) is 0 Å². The molecule has 106 valence electrons. The van der Waals surface area contributed by atoms with E-state index in [2.05, 4.69) is 31.2 Å². The highest BCUT2D eigenvalue weighted by atomic mass is 79.9. The van der Waals surface area contributed by atoms with Crippen LogP contribution >= 0.6 is 15.9 Å². The number of ether oxygens (including phenoxy) is 2. The molecule has 1 aromatic carbocycles. The smallest absolute Gasteiger partial charge is 0.225 e. The molecular formula is C14H16BrN3O2. The molecule has 0 fully saturated rings. The SMILES string of the molecule is COc1ncnc(OC)c1CNc1cccc(C)c1Br. The van der Waals surface area contributed by atoms with Crippen molar-refractivity contribution in [2.24, 2.45) is 0 Å². The molecule has 6 heteroatoms. The quantitative estimate of drug-likeness (QED) is 0.907. The van der Waals surface area contributed by atoms with Gasteiger partial charge < -0.3 is 14.8 Å². The van der Waals surface area contributed by atoms with E-state index in [9.17, 15) is 0 Å². The fraction of sp³-hybridized carbons (Fsp3) is 0.286. The number of benzene rings is 1. The lowest BCUT2D eigenvalue weighted by atomic mass is 10.2. The Hall–Kier alpha value is -1.82. The Kier molecular flexibility index (Phi) is 4.79. The van der Waals surface area contributed by atoms with Crippen LogP contribution in [-0.2, 0) is 6.54 Å². The molecule has 1 aromatic heterocycles. The van der Waals surface area contributed by atoms with Gasteiger partial charge in [0.05, 0.1) is 26.3 Å². The van der Waals surface area contributed by atoms with Crippen LogP contribution in [0, 0.1) is 6.92 Å². The van der Waals surface area contributed by atoms with E-state index < -0.39 is 0 Å². The average molecular weight is 338 g/mol. The highest BCUT2D eigenvalue weighted by Crippen LogP contribution is 2.29. The summed E-state index contributed by atoms with van der Waals surface area (Å²) < 4.78 is 11.5. The van der Waals surface area contributed by atoms with Gasteiger partial charge in [-0.15, -0.1) is 0 Å². The number of aryl methyl sites for hydroxylation is 1. The summed E-state index contributed by atoms with van der Waals surface area (Å²) >= 11 is 3.57. The van der Waals surface area contributed by atoms with Crippen LogP contribution in [0.2, 0.25) is 0 Å². The van der Waals surface area contributed by atoms with Gasteiger partial charge in [0.2, 0.25) is 11.8 Å². The van der Waals surface area contributed by atoms with Crippen molar-refractivity contribution < 1.29 is 9.47 Å². The van der Waals surface area contributed by atoms with Crippen LogP contribution < -0.4 is 14.8 Å². The van der Waals surface area contributed by atoms with Gasteiger partial charge in [-0.05, 0) is 34.5 Å². The molecule has 1 heterocycles. The van der Waals surface area contributed by atoms with Crippen molar-refractivity contribution in [2.45, 2.75) is 13.5 Å². The summed E-state index contributed by atoms with van der Waals surface area (Å²) in [7, 11) is 3.15. The first-order valence-corrected chi connectivity index (χ1v) is 6.87. The molecule has 0 atom stereocenters. The second-order valence-corrected chi connectivity index (χ2v) is 4.95. The van der Waals surface area contributed by atoms with Gasteiger partial charge >= 0.3 is 0 Å². The van der Waals surface area contributed by atoms with Gasteiger partial charge in [0.1, 0.15) is 6.33 Å². The van der Waals surface area contributed by atoms with Gasteiger partial charge in [-0.2, -0.15) is 0 Å². The summed E-state index contributed by atoms with van der Waals surface area (Å²) in [6.45, 7) is 2.55. The minimum atomic E-state index is 0.508. The third-order valence-electron chi connectivity index (χ3n) is 2.90. The van der Waals surface area contributed by atoms with E-state index in [1.165, 1.54) is 11.9 Å². The van der Waals surface area contributed by atoms with Gasteiger partial charge in [-0.25, -0.2) is 9.97 Å². The van der Waals surface area contributed by atoms with Crippen molar-refractivity contribution in [2.75, 3.05) is 19.5 Å². The Morgan fingerprint density at radius 1 is 1.15 bits per heavy atom. The normalized spacial score (nSPS) is 10.2. The number of methoxy groups -OCH3 is 2. The molecule has 0 radical (unpaired) electrons. The van der Waals surface area contributed by atoms with Gasteiger partial charge in [-0.3, -0.25) is 0 Å². The maximum Gasteiger partial charge on any atom is 0.225 e. The van der Waals surface area contributed by atoms with Gasteiger partial charge in [0, 0.05) is 10.2 Å². The maximum atomic E-state index is 5.25. The molecule has 0 aliphatic rings. The molecule has 0 aliphatic carbocycles. The zero-order valence-corrected chi connectivity index (χ0v) is 13.2. The van der Waals surface area contributed by atoms with Crippen LogP contribution in [-0.4, -0.2) is 24.2 Å². The third-order valence-corrected chi connectivity index (χ3v) is 3.95. The van der Waals surface area contributed by atoms with Gasteiger partial charge in [0.25, 0.3) is 0 Å².